The number of hydrogen-bond acceptors (Lipinski definition) is 2. The van der Waals surface area contributed by atoms with E-state index >= 15 is 0 Å². The highest BCUT2D eigenvalue weighted by Gasteiger charge is 2.21. The molecule has 94 valence electrons. The van der Waals surface area contributed by atoms with Gasteiger partial charge in [0.25, 0.3) is 0 Å². The smallest absolute Gasteiger partial charge is 0.133 e. The fourth-order valence-corrected chi connectivity index (χ4v) is 2.81. The molecule has 0 atom stereocenters. The molecule has 0 aliphatic carbocycles. The van der Waals surface area contributed by atoms with Crippen molar-refractivity contribution >= 4 is 40.1 Å². The van der Waals surface area contributed by atoms with Gasteiger partial charge in [0.2, 0.25) is 0 Å². The molecule has 0 saturated carbocycles. The van der Waals surface area contributed by atoms with Gasteiger partial charge in [0, 0.05) is 41.7 Å². The van der Waals surface area contributed by atoms with Crippen LogP contribution in [0.25, 0.3) is 10.9 Å². The van der Waals surface area contributed by atoms with Crippen LogP contribution in [0.2, 0.25) is 0 Å². The van der Waals surface area contributed by atoms with Crippen molar-refractivity contribution in [2.75, 3.05) is 13.7 Å². The van der Waals surface area contributed by atoms with Gasteiger partial charge in [-0.1, -0.05) is 12.2 Å². The molecule has 18 heavy (non-hydrogen) atoms. The standard InChI is InChI=1S/C13H14N2OS2/c1-16-8-2-3-11-9(6-8)10-7-15(13(17)18)5-4-12(10)14-11/h2-3,6,14H,4-5,7H2,1H3,(H,17,18). The summed E-state index contributed by atoms with van der Waals surface area (Å²) in [6.45, 7) is 1.75. The number of thiol groups is 1. The fourth-order valence-electron chi connectivity index (χ4n) is 2.48. The molecule has 0 bridgehead atoms. The summed E-state index contributed by atoms with van der Waals surface area (Å²) in [5.74, 6) is 0.884. The molecule has 1 N–H and O–H groups in total. The number of benzene rings is 1. The second-order valence-electron chi connectivity index (χ2n) is 4.45. The zero-order valence-electron chi connectivity index (χ0n) is 10.1. The molecule has 2 heterocycles. The lowest BCUT2D eigenvalue weighted by molar-refractivity contribution is 0.406. The summed E-state index contributed by atoms with van der Waals surface area (Å²) in [5.41, 5.74) is 3.78. The van der Waals surface area contributed by atoms with Crippen molar-refractivity contribution in [1.29, 1.82) is 0 Å². The highest BCUT2D eigenvalue weighted by Crippen LogP contribution is 2.30. The van der Waals surface area contributed by atoms with Gasteiger partial charge in [-0.05, 0) is 18.2 Å². The first kappa shape index (κ1) is 11.9. The molecule has 1 aromatic carbocycles. The average Bonchev–Trinajstić information content (AvgIpc) is 2.75. The van der Waals surface area contributed by atoms with Crippen molar-refractivity contribution < 1.29 is 4.74 Å². The summed E-state index contributed by atoms with van der Waals surface area (Å²) in [4.78, 5) is 5.59. The van der Waals surface area contributed by atoms with Crippen molar-refractivity contribution in [3.05, 3.63) is 29.5 Å². The molecule has 1 aromatic heterocycles. The third-order valence-electron chi connectivity index (χ3n) is 3.45. The van der Waals surface area contributed by atoms with Gasteiger partial charge in [-0.15, -0.1) is 12.6 Å². The van der Waals surface area contributed by atoms with Crippen LogP contribution in [0.15, 0.2) is 18.2 Å². The van der Waals surface area contributed by atoms with Crippen LogP contribution in [-0.2, 0) is 13.0 Å². The second-order valence-corrected chi connectivity index (χ2v) is 5.56. The van der Waals surface area contributed by atoms with Crippen molar-refractivity contribution in [2.45, 2.75) is 13.0 Å². The summed E-state index contributed by atoms with van der Waals surface area (Å²) in [5, 5.41) is 1.22. The molecule has 3 nitrogen and oxygen atoms in total. The molecular formula is C13H14N2OS2. The Morgan fingerprint density at radius 1 is 1.50 bits per heavy atom. The molecule has 0 radical (unpaired) electrons. The lowest BCUT2D eigenvalue weighted by atomic mass is 10.0. The van der Waals surface area contributed by atoms with E-state index in [1.54, 1.807) is 7.11 Å². The maximum atomic E-state index is 5.29. The summed E-state index contributed by atoms with van der Waals surface area (Å²) < 4.78 is 5.95. The summed E-state index contributed by atoms with van der Waals surface area (Å²) in [6.07, 6.45) is 0.979. The van der Waals surface area contributed by atoms with Crippen molar-refractivity contribution in [1.82, 2.24) is 9.88 Å². The molecule has 1 aliphatic heterocycles. The number of thiocarbonyl (C=S) groups is 1. The van der Waals surface area contributed by atoms with E-state index in [4.69, 9.17) is 17.0 Å². The third kappa shape index (κ3) is 1.87. The van der Waals surface area contributed by atoms with Gasteiger partial charge in [-0.2, -0.15) is 0 Å². The van der Waals surface area contributed by atoms with E-state index in [9.17, 15) is 0 Å². The van der Waals surface area contributed by atoms with E-state index in [0.29, 0.717) is 4.32 Å². The first-order chi connectivity index (χ1) is 8.69. The fraction of sp³-hybridized carbons (Fsp3) is 0.308. The van der Waals surface area contributed by atoms with Gasteiger partial charge < -0.3 is 14.6 Å². The van der Waals surface area contributed by atoms with Gasteiger partial charge in [0.1, 0.15) is 10.1 Å². The quantitative estimate of drug-likeness (QED) is 0.620. The Labute approximate surface area is 117 Å². The summed E-state index contributed by atoms with van der Waals surface area (Å²) in [7, 11) is 1.69. The van der Waals surface area contributed by atoms with Gasteiger partial charge in [0.05, 0.1) is 7.11 Å². The number of rotatable bonds is 1. The summed E-state index contributed by atoms with van der Waals surface area (Å²) >= 11 is 9.41. The highest BCUT2D eigenvalue weighted by molar-refractivity contribution is 8.10. The maximum Gasteiger partial charge on any atom is 0.133 e. The zero-order valence-corrected chi connectivity index (χ0v) is 11.8. The number of aromatic nitrogens is 1. The number of nitrogens with zero attached hydrogens (tertiary/aromatic N) is 1. The molecule has 0 unspecified atom stereocenters. The molecule has 0 amide bonds. The van der Waals surface area contributed by atoms with E-state index in [1.807, 2.05) is 6.07 Å². The molecular weight excluding hydrogens is 264 g/mol. The van der Waals surface area contributed by atoms with Crippen LogP contribution in [-0.4, -0.2) is 27.9 Å². The Bertz CT molecular complexity index is 621. The Kier molecular flexibility index (Phi) is 2.95. The number of nitrogens with one attached hydrogen (secondary N) is 1. The Balaban J connectivity index is 2.10. The van der Waals surface area contributed by atoms with Crippen molar-refractivity contribution in [3.63, 3.8) is 0 Å². The SMILES string of the molecule is COc1ccc2[nH]c3c(c2c1)CN(C(=S)S)CC3. The van der Waals surface area contributed by atoms with Crippen LogP contribution in [0.5, 0.6) is 5.75 Å². The van der Waals surface area contributed by atoms with E-state index in [2.05, 4.69) is 34.6 Å². The van der Waals surface area contributed by atoms with Crippen molar-refractivity contribution in [3.8, 4) is 5.75 Å². The second kappa shape index (κ2) is 4.48. The number of H-pyrrole nitrogens is 1. The Morgan fingerprint density at radius 3 is 3.06 bits per heavy atom. The van der Waals surface area contributed by atoms with Gasteiger partial charge >= 0.3 is 0 Å². The monoisotopic (exact) mass is 278 g/mol. The van der Waals surface area contributed by atoms with Crippen LogP contribution >= 0.6 is 24.8 Å². The van der Waals surface area contributed by atoms with Gasteiger partial charge in [-0.3, -0.25) is 0 Å². The molecule has 0 fully saturated rings. The molecule has 0 spiro atoms. The highest BCUT2D eigenvalue weighted by atomic mass is 32.1. The van der Waals surface area contributed by atoms with Gasteiger partial charge in [0.15, 0.2) is 0 Å². The molecule has 0 saturated heterocycles. The number of methoxy groups -OCH3 is 1. The maximum absolute atomic E-state index is 5.29. The number of aromatic amines is 1. The normalized spacial score (nSPS) is 14.7. The lowest BCUT2D eigenvalue weighted by Crippen LogP contribution is -2.32. The van der Waals surface area contributed by atoms with Crippen LogP contribution < -0.4 is 4.74 Å². The molecule has 5 heteroatoms. The third-order valence-corrected chi connectivity index (χ3v) is 3.99. The minimum atomic E-state index is 0.665. The predicted octanol–water partition coefficient (Wildman–Crippen LogP) is 2.75. The number of hydrogen-bond donors (Lipinski definition) is 2. The molecule has 1 aliphatic rings. The minimum absolute atomic E-state index is 0.665. The largest absolute Gasteiger partial charge is 0.497 e. The van der Waals surface area contributed by atoms with E-state index in [0.717, 1.165) is 30.8 Å². The molecule has 2 aromatic rings. The van der Waals surface area contributed by atoms with Gasteiger partial charge in [-0.25, -0.2) is 0 Å². The van der Waals surface area contributed by atoms with Crippen LogP contribution in [0.4, 0.5) is 0 Å². The lowest BCUT2D eigenvalue weighted by Gasteiger charge is -2.27. The predicted molar refractivity (Wildman–Crippen MR) is 80.5 cm³/mol. The first-order valence-corrected chi connectivity index (χ1v) is 6.70. The van der Waals surface area contributed by atoms with Crippen LogP contribution in [0.3, 0.4) is 0 Å². The zero-order chi connectivity index (χ0) is 12.7. The van der Waals surface area contributed by atoms with E-state index < -0.39 is 0 Å². The summed E-state index contributed by atoms with van der Waals surface area (Å²) in [6, 6.07) is 6.12. The topological polar surface area (TPSA) is 28.3 Å². The van der Waals surface area contributed by atoms with Crippen LogP contribution in [0.1, 0.15) is 11.3 Å². The molecule has 3 rings (SSSR count). The first-order valence-electron chi connectivity index (χ1n) is 5.84. The van der Waals surface area contributed by atoms with E-state index in [1.165, 1.54) is 16.6 Å². The van der Waals surface area contributed by atoms with Crippen LogP contribution in [0, 0.1) is 0 Å². The number of fused-ring (bicyclic) bond motifs is 3. The minimum Gasteiger partial charge on any atom is -0.497 e. The Hall–Kier alpha value is -1.20. The Morgan fingerprint density at radius 2 is 2.33 bits per heavy atom. The number of ether oxygens (including phenoxy) is 1. The average molecular weight is 278 g/mol. The van der Waals surface area contributed by atoms with E-state index in [-0.39, 0.29) is 0 Å². The van der Waals surface area contributed by atoms with Crippen molar-refractivity contribution in [2.24, 2.45) is 0 Å².